The van der Waals surface area contributed by atoms with E-state index in [-0.39, 0.29) is 27.7 Å². The van der Waals surface area contributed by atoms with Gasteiger partial charge in [-0.25, -0.2) is 8.78 Å². The Labute approximate surface area is 141 Å². The number of amides is 1. The summed E-state index contributed by atoms with van der Waals surface area (Å²) in [6, 6.07) is 9.27. The van der Waals surface area contributed by atoms with Crippen LogP contribution in [-0.2, 0) is 0 Å². The Morgan fingerprint density at radius 1 is 1.17 bits per heavy atom. The molecule has 0 aliphatic heterocycles. The van der Waals surface area contributed by atoms with Crippen molar-refractivity contribution in [1.82, 2.24) is 5.16 Å². The molecule has 24 heavy (non-hydrogen) atoms. The normalized spacial score (nSPS) is 10.7. The molecule has 0 unspecified atom stereocenters. The molecule has 0 spiro atoms. The molecule has 0 aliphatic rings. The van der Waals surface area contributed by atoms with E-state index in [1.54, 1.807) is 13.0 Å². The van der Waals surface area contributed by atoms with Crippen molar-refractivity contribution in [1.29, 1.82) is 0 Å². The van der Waals surface area contributed by atoms with Crippen LogP contribution in [0.15, 0.2) is 47.0 Å². The van der Waals surface area contributed by atoms with E-state index in [2.05, 4.69) is 10.5 Å². The van der Waals surface area contributed by atoms with Crippen LogP contribution in [0.3, 0.4) is 0 Å². The first-order valence-electron chi connectivity index (χ1n) is 6.94. The van der Waals surface area contributed by atoms with Gasteiger partial charge in [-0.2, -0.15) is 0 Å². The summed E-state index contributed by atoms with van der Waals surface area (Å²) in [7, 11) is 0. The zero-order chi connectivity index (χ0) is 17.3. The highest BCUT2D eigenvalue weighted by Crippen LogP contribution is 2.28. The number of aromatic nitrogens is 1. The van der Waals surface area contributed by atoms with E-state index in [0.29, 0.717) is 5.56 Å². The number of halogens is 3. The Balaban J connectivity index is 1.97. The lowest BCUT2D eigenvalue weighted by molar-refractivity contribution is 0.102. The average Bonchev–Trinajstić information content (AvgIpc) is 2.92. The minimum Gasteiger partial charge on any atom is -0.360 e. The van der Waals surface area contributed by atoms with Crippen molar-refractivity contribution in [2.75, 3.05) is 5.32 Å². The van der Waals surface area contributed by atoms with Gasteiger partial charge in [-0.15, -0.1) is 0 Å². The fraction of sp³-hybridized carbons (Fsp3) is 0.0588. The lowest BCUT2D eigenvalue weighted by Gasteiger charge is -2.08. The summed E-state index contributed by atoms with van der Waals surface area (Å²) in [6.07, 6.45) is 0. The Bertz CT molecular complexity index is 925. The van der Waals surface area contributed by atoms with Gasteiger partial charge in [0.25, 0.3) is 5.91 Å². The van der Waals surface area contributed by atoms with E-state index >= 15 is 0 Å². The molecule has 0 bridgehead atoms. The van der Waals surface area contributed by atoms with E-state index < -0.39 is 17.5 Å². The summed E-state index contributed by atoms with van der Waals surface area (Å²) < 4.78 is 31.6. The van der Waals surface area contributed by atoms with E-state index in [9.17, 15) is 13.6 Å². The molecule has 0 saturated heterocycles. The molecule has 1 heterocycles. The predicted octanol–water partition coefficient (Wildman–Crippen LogP) is 4.83. The first-order valence-corrected chi connectivity index (χ1v) is 7.32. The van der Waals surface area contributed by atoms with Crippen LogP contribution in [-0.4, -0.2) is 11.1 Å². The number of carbonyl (C=O) groups excluding carboxylic acids is 1. The number of aryl methyl sites for hydroxylation is 1. The first-order chi connectivity index (χ1) is 11.5. The molecule has 4 nitrogen and oxygen atoms in total. The molecule has 0 saturated carbocycles. The topological polar surface area (TPSA) is 55.1 Å². The zero-order valence-electron chi connectivity index (χ0n) is 12.4. The molecular formula is C17H11ClF2N2O2. The van der Waals surface area contributed by atoms with Crippen LogP contribution in [0.4, 0.5) is 14.5 Å². The average molecular weight is 349 g/mol. The Kier molecular flexibility index (Phi) is 4.31. The van der Waals surface area contributed by atoms with Gasteiger partial charge in [0.1, 0.15) is 28.7 Å². The van der Waals surface area contributed by atoms with Crippen molar-refractivity contribution in [3.8, 4) is 11.3 Å². The molecule has 1 aromatic heterocycles. The molecule has 7 heteroatoms. The van der Waals surface area contributed by atoms with E-state index in [0.717, 1.165) is 6.07 Å². The Morgan fingerprint density at radius 2 is 1.92 bits per heavy atom. The Hall–Kier alpha value is -2.73. The molecule has 1 amide bonds. The number of carbonyl (C=O) groups is 1. The van der Waals surface area contributed by atoms with Gasteiger partial charge in [0.05, 0.1) is 10.7 Å². The van der Waals surface area contributed by atoms with E-state index in [1.165, 1.54) is 30.3 Å². The van der Waals surface area contributed by atoms with E-state index in [1.807, 2.05) is 0 Å². The van der Waals surface area contributed by atoms with Crippen LogP contribution in [0.25, 0.3) is 11.3 Å². The number of nitrogens with zero attached hydrogens (tertiary/aromatic N) is 1. The number of nitrogens with one attached hydrogen (secondary N) is 1. The van der Waals surface area contributed by atoms with Crippen molar-refractivity contribution >= 4 is 23.2 Å². The molecule has 1 N–H and O–H groups in total. The maximum absolute atomic E-state index is 13.4. The second-order valence-electron chi connectivity index (χ2n) is 5.05. The second kappa shape index (κ2) is 6.41. The van der Waals surface area contributed by atoms with Crippen molar-refractivity contribution < 1.29 is 18.1 Å². The summed E-state index contributed by atoms with van der Waals surface area (Å²) in [6.45, 7) is 1.57. The summed E-state index contributed by atoms with van der Waals surface area (Å²) in [5.74, 6) is -1.24. The predicted molar refractivity (Wildman–Crippen MR) is 86.0 cm³/mol. The quantitative estimate of drug-likeness (QED) is 0.737. The van der Waals surface area contributed by atoms with Crippen molar-refractivity contribution in [3.05, 3.63) is 70.4 Å². The fourth-order valence-electron chi connectivity index (χ4n) is 2.25. The summed E-state index contributed by atoms with van der Waals surface area (Å²) in [5.41, 5.74) is 1.01. The van der Waals surface area contributed by atoms with Gasteiger partial charge in [0, 0.05) is 5.56 Å². The third kappa shape index (κ3) is 3.14. The van der Waals surface area contributed by atoms with Crippen molar-refractivity contribution in [2.24, 2.45) is 0 Å². The monoisotopic (exact) mass is 348 g/mol. The maximum atomic E-state index is 13.4. The first kappa shape index (κ1) is 16.1. The minimum atomic E-state index is -0.540. The minimum absolute atomic E-state index is 0.0600. The molecule has 2 aromatic carbocycles. The highest BCUT2D eigenvalue weighted by molar-refractivity contribution is 6.34. The number of rotatable bonds is 3. The summed E-state index contributed by atoms with van der Waals surface area (Å²) in [4.78, 5) is 12.6. The largest absolute Gasteiger partial charge is 0.360 e. The van der Waals surface area contributed by atoms with Crippen molar-refractivity contribution in [3.63, 3.8) is 0 Å². The summed E-state index contributed by atoms with van der Waals surface area (Å²) in [5, 5.41) is 6.46. The van der Waals surface area contributed by atoms with Gasteiger partial charge < -0.3 is 9.84 Å². The number of anilines is 1. The van der Waals surface area contributed by atoms with Gasteiger partial charge in [0.2, 0.25) is 0 Å². The van der Waals surface area contributed by atoms with Crippen LogP contribution in [0, 0.1) is 18.6 Å². The number of benzene rings is 2. The highest BCUT2D eigenvalue weighted by atomic mass is 35.5. The number of hydrogen-bond acceptors (Lipinski definition) is 3. The SMILES string of the molecule is Cc1onc(-c2cccc(F)c2)c1C(=O)Nc1ccc(F)cc1Cl. The van der Waals surface area contributed by atoms with Crippen LogP contribution in [0.2, 0.25) is 5.02 Å². The molecule has 122 valence electrons. The standard InChI is InChI=1S/C17H11ClF2N2O2/c1-9-15(16(22-24-9)10-3-2-4-11(19)7-10)17(23)21-14-6-5-12(20)8-13(14)18/h2-8H,1H3,(H,21,23). The van der Waals surface area contributed by atoms with Crippen molar-refractivity contribution in [2.45, 2.75) is 6.92 Å². The zero-order valence-corrected chi connectivity index (χ0v) is 13.2. The molecule has 0 radical (unpaired) electrons. The van der Waals surface area contributed by atoms with E-state index in [4.69, 9.17) is 16.1 Å². The van der Waals surface area contributed by atoms with Gasteiger partial charge in [-0.05, 0) is 37.3 Å². The third-order valence-corrected chi connectivity index (χ3v) is 3.68. The molecule has 0 aliphatic carbocycles. The molecule has 3 rings (SSSR count). The second-order valence-corrected chi connectivity index (χ2v) is 5.46. The fourth-order valence-corrected chi connectivity index (χ4v) is 2.46. The smallest absolute Gasteiger partial charge is 0.261 e. The lowest BCUT2D eigenvalue weighted by atomic mass is 10.1. The van der Waals surface area contributed by atoms with Gasteiger partial charge in [-0.1, -0.05) is 28.9 Å². The van der Waals surface area contributed by atoms with Gasteiger partial charge in [0.15, 0.2) is 0 Å². The lowest BCUT2D eigenvalue weighted by Crippen LogP contribution is -2.14. The highest BCUT2D eigenvalue weighted by Gasteiger charge is 2.22. The van der Waals surface area contributed by atoms with Crippen LogP contribution in [0.5, 0.6) is 0 Å². The van der Waals surface area contributed by atoms with Crippen LogP contribution >= 0.6 is 11.6 Å². The maximum Gasteiger partial charge on any atom is 0.261 e. The Morgan fingerprint density at radius 3 is 2.62 bits per heavy atom. The molecule has 3 aromatic rings. The van der Waals surface area contributed by atoms with Crippen LogP contribution < -0.4 is 5.32 Å². The third-order valence-electron chi connectivity index (χ3n) is 3.37. The molecule has 0 fully saturated rings. The van der Waals surface area contributed by atoms with Crippen LogP contribution in [0.1, 0.15) is 16.1 Å². The number of hydrogen-bond donors (Lipinski definition) is 1. The summed E-state index contributed by atoms with van der Waals surface area (Å²) >= 11 is 5.91. The molecule has 0 atom stereocenters. The van der Waals surface area contributed by atoms with Gasteiger partial charge in [-0.3, -0.25) is 4.79 Å². The molecular weight excluding hydrogens is 338 g/mol. The van der Waals surface area contributed by atoms with Gasteiger partial charge >= 0.3 is 0 Å².